The summed E-state index contributed by atoms with van der Waals surface area (Å²) in [6.45, 7) is 6.64. The van der Waals surface area contributed by atoms with Crippen LogP contribution in [0.2, 0.25) is 0 Å². The highest BCUT2D eigenvalue weighted by Crippen LogP contribution is 2.09. The molecule has 0 heterocycles. The molecular formula is C9H14P2. The molecule has 1 aromatic rings. The van der Waals surface area contributed by atoms with Gasteiger partial charge in [-0.3, -0.25) is 0 Å². The molecule has 0 radical (unpaired) electrons. The zero-order valence-corrected chi connectivity index (χ0v) is 9.23. The molecule has 60 valence electrons. The largest absolute Gasteiger partial charge is 0.0936 e. The van der Waals surface area contributed by atoms with Crippen molar-refractivity contribution in [3.63, 3.8) is 0 Å². The van der Waals surface area contributed by atoms with E-state index in [0.717, 1.165) is 17.2 Å². The fourth-order valence-corrected chi connectivity index (χ4v) is 2.56. The Morgan fingerprint density at radius 2 is 1.36 bits per heavy atom. The normalized spacial score (nSPS) is 12.3. The van der Waals surface area contributed by atoms with E-state index in [9.17, 15) is 0 Å². The highest BCUT2D eigenvalue weighted by atomic mass is 31.1. The van der Waals surface area contributed by atoms with Gasteiger partial charge in [0.1, 0.15) is 0 Å². The van der Waals surface area contributed by atoms with Crippen LogP contribution in [0.5, 0.6) is 0 Å². The van der Waals surface area contributed by atoms with Crippen LogP contribution in [0.3, 0.4) is 0 Å². The fourth-order valence-electron chi connectivity index (χ4n) is 1.07. The summed E-state index contributed by atoms with van der Waals surface area (Å²) < 4.78 is 0. The van der Waals surface area contributed by atoms with E-state index >= 15 is 0 Å². The molecule has 0 fully saturated rings. The first-order valence-electron chi connectivity index (χ1n) is 3.73. The molecule has 1 aromatic carbocycles. The number of benzene rings is 1. The van der Waals surface area contributed by atoms with E-state index in [2.05, 4.69) is 38.5 Å². The molecule has 11 heavy (non-hydrogen) atoms. The Morgan fingerprint density at radius 1 is 0.909 bits per heavy atom. The van der Waals surface area contributed by atoms with E-state index in [1.165, 1.54) is 16.2 Å². The summed E-state index contributed by atoms with van der Waals surface area (Å²) in [5.74, 6) is 0. The third-order valence-electron chi connectivity index (χ3n) is 1.65. The molecule has 0 aliphatic carbocycles. The van der Waals surface area contributed by atoms with Gasteiger partial charge in [-0.25, -0.2) is 0 Å². The van der Waals surface area contributed by atoms with Crippen LogP contribution in [0.15, 0.2) is 18.2 Å². The zero-order chi connectivity index (χ0) is 8.27. The minimum Gasteiger partial charge on any atom is -0.0936 e. The topological polar surface area (TPSA) is 0 Å². The van der Waals surface area contributed by atoms with E-state index in [0.29, 0.717) is 0 Å². The lowest BCUT2D eigenvalue weighted by Gasteiger charge is -2.02. The molecule has 0 aliphatic rings. The molecule has 0 bridgehead atoms. The smallest absolute Gasteiger partial charge is 0.0265 e. The van der Waals surface area contributed by atoms with Crippen LogP contribution in [0.4, 0.5) is 0 Å². The van der Waals surface area contributed by atoms with Crippen molar-refractivity contribution in [2.45, 2.75) is 6.92 Å². The summed E-state index contributed by atoms with van der Waals surface area (Å²) in [4.78, 5) is 0. The van der Waals surface area contributed by atoms with Gasteiger partial charge < -0.3 is 0 Å². The minimum absolute atomic E-state index is 0.930. The van der Waals surface area contributed by atoms with Crippen LogP contribution in [0, 0.1) is 6.92 Å². The van der Waals surface area contributed by atoms with Crippen LogP contribution >= 0.6 is 17.2 Å². The van der Waals surface area contributed by atoms with Gasteiger partial charge in [-0.05, 0) is 42.5 Å². The second-order valence-corrected chi connectivity index (χ2v) is 4.74. The summed E-state index contributed by atoms with van der Waals surface area (Å²) >= 11 is 0. The Kier molecular flexibility index (Phi) is 3.49. The van der Waals surface area contributed by atoms with Crippen LogP contribution < -0.4 is 10.6 Å². The van der Waals surface area contributed by atoms with Crippen molar-refractivity contribution in [3.05, 3.63) is 23.8 Å². The highest BCUT2D eigenvalue weighted by Gasteiger charge is 1.94. The van der Waals surface area contributed by atoms with E-state index in [-0.39, 0.29) is 0 Å². The molecule has 0 aliphatic heterocycles. The lowest BCUT2D eigenvalue weighted by molar-refractivity contribution is 1.52. The van der Waals surface area contributed by atoms with Crippen molar-refractivity contribution in [1.29, 1.82) is 0 Å². The maximum absolute atomic E-state index is 2.32. The van der Waals surface area contributed by atoms with Crippen molar-refractivity contribution in [2.75, 3.05) is 13.3 Å². The number of hydrogen-bond acceptors (Lipinski definition) is 0. The molecule has 2 atom stereocenters. The lowest BCUT2D eigenvalue weighted by Crippen LogP contribution is -2.04. The van der Waals surface area contributed by atoms with E-state index in [1.54, 1.807) is 0 Å². The maximum Gasteiger partial charge on any atom is -0.0265 e. The van der Waals surface area contributed by atoms with Crippen molar-refractivity contribution in [3.8, 4) is 0 Å². The van der Waals surface area contributed by atoms with Gasteiger partial charge in [0, 0.05) is 0 Å². The summed E-state index contributed by atoms with van der Waals surface area (Å²) in [6, 6.07) is 6.88. The number of hydrogen-bond donors (Lipinski definition) is 0. The SMILES string of the molecule is CPc1cc(C)cc(PC)c1. The van der Waals surface area contributed by atoms with Crippen LogP contribution in [-0.4, -0.2) is 13.3 Å². The maximum atomic E-state index is 2.32. The lowest BCUT2D eigenvalue weighted by atomic mass is 10.2. The van der Waals surface area contributed by atoms with Gasteiger partial charge in [-0.15, -0.1) is 0 Å². The minimum atomic E-state index is 0.930. The Morgan fingerprint density at radius 3 is 1.73 bits per heavy atom. The van der Waals surface area contributed by atoms with Crippen LogP contribution in [0.25, 0.3) is 0 Å². The van der Waals surface area contributed by atoms with Gasteiger partial charge >= 0.3 is 0 Å². The number of rotatable bonds is 2. The quantitative estimate of drug-likeness (QED) is 0.615. The number of aryl methyl sites for hydroxylation is 1. The van der Waals surface area contributed by atoms with Crippen molar-refractivity contribution in [2.24, 2.45) is 0 Å². The monoisotopic (exact) mass is 184 g/mol. The predicted molar refractivity (Wildman–Crippen MR) is 58.9 cm³/mol. The third kappa shape index (κ3) is 2.55. The molecule has 0 spiro atoms. The second-order valence-electron chi connectivity index (χ2n) is 2.59. The van der Waals surface area contributed by atoms with E-state index in [1.807, 2.05) is 0 Å². The Labute approximate surface area is 72.4 Å². The average molecular weight is 184 g/mol. The highest BCUT2D eigenvalue weighted by molar-refractivity contribution is 7.48. The first kappa shape index (κ1) is 9.17. The van der Waals surface area contributed by atoms with Crippen molar-refractivity contribution >= 4 is 27.8 Å². The van der Waals surface area contributed by atoms with Crippen molar-refractivity contribution in [1.82, 2.24) is 0 Å². The Bertz CT molecular complexity index is 221. The average Bonchev–Trinajstić information content (AvgIpc) is 2.03. The predicted octanol–water partition coefficient (Wildman–Crippen LogP) is 1.86. The summed E-state index contributed by atoms with van der Waals surface area (Å²) in [7, 11) is 1.86. The summed E-state index contributed by atoms with van der Waals surface area (Å²) in [5, 5.41) is 2.99. The Balaban J connectivity index is 3.02. The molecule has 1 rings (SSSR count). The fraction of sp³-hybridized carbons (Fsp3) is 0.333. The first-order valence-corrected chi connectivity index (χ1v) is 6.73. The molecule has 2 heteroatoms. The molecular weight excluding hydrogens is 170 g/mol. The van der Waals surface area contributed by atoms with Crippen LogP contribution in [-0.2, 0) is 0 Å². The molecule has 0 saturated carbocycles. The second kappa shape index (κ2) is 4.19. The van der Waals surface area contributed by atoms with Crippen LogP contribution in [0.1, 0.15) is 5.56 Å². The van der Waals surface area contributed by atoms with Crippen molar-refractivity contribution < 1.29 is 0 Å². The molecule has 0 N–H and O–H groups in total. The van der Waals surface area contributed by atoms with Gasteiger partial charge in [-0.2, -0.15) is 0 Å². The molecule has 0 nitrogen and oxygen atoms in total. The molecule has 0 saturated heterocycles. The van der Waals surface area contributed by atoms with Gasteiger partial charge in [0.25, 0.3) is 0 Å². The summed E-state index contributed by atoms with van der Waals surface area (Å²) in [6.07, 6.45) is 0. The first-order chi connectivity index (χ1) is 5.26. The Hall–Kier alpha value is 0.0800. The van der Waals surface area contributed by atoms with Gasteiger partial charge in [0.05, 0.1) is 0 Å². The third-order valence-corrected chi connectivity index (χ3v) is 3.39. The summed E-state index contributed by atoms with van der Waals surface area (Å²) in [5.41, 5.74) is 1.40. The molecule has 2 unspecified atom stereocenters. The van der Waals surface area contributed by atoms with E-state index in [4.69, 9.17) is 0 Å². The zero-order valence-electron chi connectivity index (χ0n) is 7.23. The molecule has 0 amide bonds. The van der Waals surface area contributed by atoms with Gasteiger partial charge in [0.15, 0.2) is 0 Å². The van der Waals surface area contributed by atoms with Gasteiger partial charge in [0.2, 0.25) is 0 Å². The van der Waals surface area contributed by atoms with Gasteiger partial charge in [-0.1, -0.05) is 29.3 Å². The standard InChI is InChI=1S/C9H14P2/c1-7-4-8(10-2)6-9(5-7)11-3/h4-6,10-11H,1-3H3. The molecule has 0 aromatic heterocycles. The van der Waals surface area contributed by atoms with E-state index < -0.39 is 0 Å².